The molecule has 7 nitrogen and oxygen atoms in total. The lowest BCUT2D eigenvalue weighted by Gasteiger charge is -2.06. The van der Waals surface area contributed by atoms with E-state index >= 15 is 0 Å². The summed E-state index contributed by atoms with van der Waals surface area (Å²) in [7, 11) is 1.73. The van der Waals surface area contributed by atoms with E-state index in [9.17, 15) is 10.1 Å². The average Bonchev–Trinajstić information content (AvgIpc) is 2.67. The molecule has 108 valence electrons. The minimum Gasteiger partial charge on any atom is -0.364 e. The van der Waals surface area contributed by atoms with Crippen LogP contribution in [-0.4, -0.2) is 34.3 Å². The van der Waals surface area contributed by atoms with Gasteiger partial charge in [0.25, 0.3) is 0 Å². The van der Waals surface area contributed by atoms with Crippen LogP contribution >= 0.6 is 0 Å². The normalized spacial score (nSPS) is 11.0. The van der Waals surface area contributed by atoms with Crippen molar-refractivity contribution in [1.82, 2.24) is 15.1 Å². The van der Waals surface area contributed by atoms with Crippen molar-refractivity contribution in [3.63, 3.8) is 0 Å². The maximum Gasteiger partial charge on any atom is 0.334 e. The lowest BCUT2D eigenvalue weighted by Crippen LogP contribution is -2.18. The van der Waals surface area contributed by atoms with E-state index in [4.69, 9.17) is 0 Å². The predicted octanol–water partition coefficient (Wildman–Crippen LogP) is 1.86. The van der Waals surface area contributed by atoms with Gasteiger partial charge in [-0.15, -0.1) is 0 Å². The van der Waals surface area contributed by atoms with Gasteiger partial charge in [0.15, 0.2) is 0 Å². The Morgan fingerprint density at radius 3 is 2.63 bits per heavy atom. The quantitative estimate of drug-likeness (QED) is 0.427. The molecule has 19 heavy (non-hydrogen) atoms. The van der Waals surface area contributed by atoms with Crippen molar-refractivity contribution in [1.29, 1.82) is 0 Å². The molecule has 1 rings (SSSR count). The van der Waals surface area contributed by atoms with E-state index in [2.05, 4.69) is 15.7 Å². The summed E-state index contributed by atoms with van der Waals surface area (Å²) in [6.07, 6.45) is 0.910. The molecule has 0 aliphatic rings. The van der Waals surface area contributed by atoms with Crippen LogP contribution in [0.5, 0.6) is 0 Å². The molecule has 0 radical (unpaired) electrons. The number of hydrogen-bond acceptors (Lipinski definition) is 5. The van der Waals surface area contributed by atoms with Crippen LogP contribution in [0.2, 0.25) is 0 Å². The van der Waals surface area contributed by atoms with Crippen molar-refractivity contribution >= 4 is 11.5 Å². The van der Waals surface area contributed by atoms with Crippen molar-refractivity contribution in [2.75, 3.05) is 25.0 Å². The molecule has 0 fully saturated rings. The van der Waals surface area contributed by atoms with Crippen LogP contribution < -0.4 is 10.6 Å². The van der Waals surface area contributed by atoms with E-state index in [1.165, 1.54) is 0 Å². The molecule has 0 saturated carbocycles. The van der Waals surface area contributed by atoms with Crippen molar-refractivity contribution in [3.05, 3.63) is 15.8 Å². The van der Waals surface area contributed by atoms with Gasteiger partial charge < -0.3 is 10.6 Å². The van der Waals surface area contributed by atoms with Crippen LogP contribution in [0.3, 0.4) is 0 Å². The highest BCUT2D eigenvalue weighted by Gasteiger charge is 2.27. The predicted molar refractivity (Wildman–Crippen MR) is 75.6 cm³/mol. The molecular weight excluding hydrogens is 246 g/mol. The number of nitro groups is 1. The zero-order valence-corrected chi connectivity index (χ0v) is 12.1. The monoisotopic (exact) mass is 269 g/mol. The first-order valence-electron chi connectivity index (χ1n) is 6.64. The van der Waals surface area contributed by atoms with Gasteiger partial charge in [0.2, 0.25) is 5.82 Å². The Kier molecular flexibility index (Phi) is 5.75. The molecule has 0 amide bonds. The number of nitrogens with zero attached hydrogens (tertiary/aromatic N) is 3. The Hall–Kier alpha value is -1.63. The second-order valence-corrected chi connectivity index (χ2v) is 4.75. The Morgan fingerprint density at radius 1 is 1.42 bits per heavy atom. The molecule has 2 N–H and O–H groups in total. The van der Waals surface area contributed by atoms with Crippen LogP contribution in [0.25, 0.3) is 0 Å². The summed E-state index contributed by atoms with van der Waals surface area (Å²) in [6, 6.07) is 0. The molecule has 0 aromatic carbocycles. The number of aryl methyl sites for hydroxylation is 1. The summed E-state index contributed by atoms with van der Waals surface area (Å²) >= 11 is 0. The molecule has 0 bridgehead atoms. The van der Waals surface area contributed by atoms with E-state index in [0.717, 1.165) is 19.5 Å². The Morgan fingerprint density at radius 2 is 2.11 bits per heavy atom. The molecule has 1 aromatic heterocycles. The molecule has 7 heteroatoms. The van der Waals surface area contributed by atoms with Crippen LogP contribution in [0, 0.1) is 10.1 Å². The highest BCUT2D eigenvalue weighted by Crippen LogP contribution is 2.32. The van der Waals surface area contributed by atoms with E-state index in [1.54, 1.807) is 11.7 Å². The summed E-state index contributed by atoms with van der Waals surface area (Å²) in [5.41, 5.74) is 0.627. The van der Waals surface area contributed by atoms with Gasteiger partial charge in [-0.05, 0) is 19.5 Å². The maximum atomic E-state index is 11.2. The molecule has 0 saturated heterocycles. The summed E-state index contributed by atoms with van der Waals surface area (Å²) < 4.78 is 1.56. The van der Waals surface area contributed by atoms with Crippen LogP contribution in [-0.2, 0) is 7.05 Å². The highest BCUT2D eigenvalue weighted by atomic mass is 16.6. The molecule has 1 aromatic rings. The van der Waals surface area contributed by atoms with Crippen LogP contribution in [0.1, 0.15) is 38.8 Å². The van der Waals surface area contributed by atoms with Crippen molar-refractivity contribution in [3.8, 4) is 0 Å². The van der Waals surface area contributed by atoms with E-state index < -0.39 is 0 Å². The average molecular weight is 269 g/mol. The Bertz CT molecular complexity index is 428. The first-order valence-corrected chi connectivity index (χ1v) is 6.64. The minimum atomic E-state index is -0.352. The fourth-order valence-corrected chi connectivity index (χ4v) is 1.90. The zero-order chi connectivity index (χ0) is 14.4. The van der Waals surface area contributed by atoms with Gasteiger partial charge in [-0.2, -0.15) is 5.10 Å². The molecule has 1 heterocycles. The fourth-order valence-electron chi connectivity index (χ4n) is 1.90. The lowest BCUT2D eigenvalue weighted by molar-refractivity contribution is -0.384. The topological polar surface area (TPSA) is 85.0 Å². The smallest absolute Gasteiger partial charge is 0.334 e. The van der Waals surface area contributed by atoms with Gasteiger partial charge in [0.1, 0.15) is 5.69 Å². The SMILES string of the molecule is CCNCCCNc1c([N+](=O)[O-])c(C(C)C)nn1C. The van der Waals surface area contributed by atoms with Crippen molar-refractivity contribution < 1.29 is 4.92 Å². The minimum absolute atomic E-state index is 0.0314. The number of anilines is 1. The summed E-state index contributed by atoms with van der Waals surface area (Å²) in [5, 5.41) is 21.8. The second-order valence-electron chi connectivity index (χ2n) is 4.75. The largest absolute Gasteiger partial charge is 0.364 e. The zero-order valence-electron chi connectivity index (χ0n) is 12.1. The summed E-state index contributed by atoms with van der Waals surface area (Å²) in [4.78, 5) is 10.8. The fraction of sp³-hybridized carbons (Fsp3) is 0.750. The highest BCUT2D eigenvalue weighted by molar-refractivity contribution is 5.60. The van der Waals surface area contributed by atoms with E-state index in [-0.39, 0.29) is 16.5 Å². The molecule has 0 unspecified atom stereocenters. The second kappa shape index (κ2) is 7.08. The molecule has 0 aliphatic heterocycles. The van der Waals surface area contributed by atoms with Crippen LogP contribution in [0.15, 0.2) is 0 Å². The van der Waals surface area contributed by atoms with Crippen molar-refractivity contribution in [2.24, 2.45) is 7.05 Å². The third-order valence-corrected chi connectivity index (χ3v) is 2.85. The van der Waals surface area contributed by atoms with Gasteiger partial charge in [0, 0.05) is 19.5 Å². The standard InChI is InChI=1S/C12H23N5O2/c1-5-13-7-6-8-14-12-11(17(18)19)10(9(2)3)15-16(12)4/h9,13-14H,5-8H2,1-4H3. The number of aromatic nitrogens is 2. The van der Waals surface area contributed by atoms with Gasteiger partial charge in [-0.25, -0.2) is 4.68 Å². The van der Waals surface area contributed by atoms with Gasteiger partial charge in [-0.1, -0.05) is 20.8 Å². The van der Waals surface area contributed by atoms with E-state index in [1.807, 2.05) is 20.8 Å². The van der Waals surface area contributed by atoms with E-state index in [0.29, 0.717) is 18.1 Å². The third kappa shape index (κ3) is 3.92. The molecule has 0 aliphatic carbocycles. The molecule has 0 atom stereocenters. The third-order valence-electron chi connectivity index (χ3n) is 2.85. The Labute approximate surface area is 113 Å². The maximum absolute atomic E-state index is 11.2. The molecule has 0 spiro atoms. The van der Waals surface area contributed by atoms with Gasteiger partial charge in [0.05, 0.1) is 4.92 Å². The summed E-state index contributed by atoms with van der Waals surface area (Å²) in [5.74, 6) is 0.522. The Balaban J connectivity index is 2.79. The van der Waals surface area contributed by atoms with Crippen LogP contribution in [0.4, 0.5) is 11.5 Å². The summed E-state index contributed by atoms with van der Waals surface area (Å²) in [6.45, 7) is 8.38. The first-order chi connectivity index (χ1) is 8.99. The van der Waals surface area contributed by atoms with Crippen molar-refractivity contribution in [2.45, 2.75) is 33.1 Å². The van der Waals surface area contributed by atoms with Gasteiger partial charge in [-0.3, -0.25) is 10.1 Å². The molecular formula is C12H23N5O2. The lowest BCUT2D eigenvalue weighted by atomic mass is 10.1. The number of nitrogens with one attached hydrogen (secondary N) is 2. The number of hydrogen-bond donors (Lipinski definition) is 2. The number of rotatable bonds is 8. The first kappa shape index (κ1) is 15.4. The van der Waals surface area contributed by atoms with Gasteiger partial charge >= 0.3 is 5.69 Å².